The molecule has 1 aliphatic rings. The Balaban J connectivity index is 2.33. The van der Waals surface area contributed by atoms with Gasteiger partial charge in [0.25, 0.3) is 0 Å². The highest BCUT2D eigenvalue weighted by molar-refractivity contribution is 9.10. The molecule has 1 atom stereocenters. The molecule has 1 aliphatic heterocycles. The lowest BCUT2D eigenvalue weighted by molar-refractivity contribution is -0.117. The molecule has 2 rings (SSSR count). The number of hydrogen-bond donors (Lipinski definition) is 0. The van der Waals surface area contributed by atoms with Crippen molar-refractivity contribution in [2.24, 2.45) is 0 Å². The van der Waals surface area contributed by atoms with Crippen LogP contribution >= 0.6 is 38.2 Å². The summed E-state index contributed by atoms with van der Waals surface area (Å²) in [5.41, 5.74) is 0. The molecule has 18 heavy (non-hydrogen) atoms. The van der Waals surface area contributed by atoms with Crippen LogP contribution in [0.1, 0.15) is 6.42 Å². The zero-order valence-corrected chi connectivity index (χ0v) is 12.7. The maximum absolute atomic E-state index is 11.8. The Morgan fingerprint density at radius 3 is 2.67 bits per heavy atom. The van der Waals surface area contributed by atoms with E-state index >= 15 is 0 Å². The third-order valence-electron chi connectivity index (χ3n) is 2.53. The summed E-state index contributed by atoms with van der Waals surface area (Å²) in [4.78, 5) is 17.0. The molecule has 0 N–H and O–H groups in total. The van der Waals surface area contributed by atoms with Gasteiger partial charge in [0, 0.05) is 34.3 Å². The van der Waals surface area contributed by atoms with Crippen LogP contribution in [0.25, 0.3) is 0 Å². The van der Waals surface area contributed by atoms with Gasteiger partial charge >= 0.3 is 0 Å². The van der Waals surface area contributed by atoms with Crippen LogP contribution in [0.15, 0.2) is 16.7 Å². The van der Waals surface area contributed by atoms with Crippen LogP contribution in [-0.4, -0.2) is 31.1 Å². The number of nitrogens with zero attached hydrogens (tertiary/aromatic N) is 2. The summed E-state index contributed by atoms with van der Waals surface area (Å²) >= 11 is 9.16. The largest absolute Gasteiger partial charge is 0.294 e. The average Bonchev–Trinajstić information content (AvgIpc) is 2.60. The van der Waals surface area contributed by atoms with E-state index in [-0.39, 0.29) is 29.7 Å². The van der Waals surface area contributed by atoms with Gasteiger partial charge in [-0.2, -0.15) is 0 Å². The van der Waals surface area contributed by atoms with Crippen molar-refractivity contribution >= 4 is 59.0 Å². The molecule has 1 fully saturated rings. The van der Waals surface area contributed by atoms with Crippen LogP contribution in [0.2, 0.25) is 5.02 Å². The molecule has 0 bridgehead atoms. The van der Waals surface area contributed by atoms with Gasteiger partial charge in [0.1, 0.15) is 5.25 Å². The maximum atomic E-state index is 11.8. The minimum Gasteiger partial charge on any atom is -0.294 e. The highest BCUT2D eigenvalue weighted by atomic mass is 79.9. The molecule has 2 heterocycles. The second-order valence-corrected chi connectivity index (χ2v) is 8.00. The zero-order chi connectivity index (χ0) is 13.5. The summed E-state index contributed by atoms with van der Waals surface area (Å²) in [6.07, 6.45) is 1.33. The summed E-state index contributed by atoms with van der Waals surface area (Å²) in [6.45, 7) is -0.0288. The van der Waals surface area contributed by atoms with Crippen molar-refractivity contribution < 1.29 is 13.2 Å². The Hall–Kier alpha value is -0.370. The van der Waals surface area contributed by atoms with Crippen LogP contribution in [0.3, 0.4) is 0 Å². The number of amides is 1. The molecule has 1 aromatic heterocycles. The molecule has 1 amide bonds. The SMILES string of the molecule is O=C1CC(S(=O)(=O)Cl)CN1c1ncc(Br)cc1Cl. The Morgan fingerprint density at radius 1 is 1.50 bits per heavy atom. The van der Waals surface area contributed by atoms with Gasteiger partial charge in [-0.1, -0.05) is 11.6 Å². The topological polar surface area (TPSA) is 67.3 Å². The molecule has 0 aliphatic carbocycles. The molecule has 1 saturated heterocycles. The quantitative estimate of drug-likeness (QED) is 0.745. The summed E-state index contributed by atoms with van der Waals surface area (Å²) in [5, 5.41) is -0.654. The number of carbonyl (C=O) groups is 1. The predicted octanol–water partition coefficient (Wildman–Crippen LogP) is 2.17. The van der Waals surface area contributed by atoms with E-state index in [9.17, 15) is 13.2 Å². The van der Waals surface area contributed by atoms with Gasteiger partial charge in [0.15, 0.2) is 5.82 Å². The fraction of sp³-hybridized carbons (Fsp3) is 0.333. The van der Waals surface area contributed by atoms with Gasteiger partial charge in [-0.15, -0.1) is 0 Å². The van der Waals surface area contributed by atoms with Gasteiger partial charge < -0.3 is 0 Å². The van der Waals surface area contributed by atoms with Crippen LogP contribution in [0, 0.1) is 0 Å². The van der Waals surface area contributed by atoms with Crippen molar-refractivity contribution in [2.75, 3.05) is 11.4 Å². The van der Waals surface area contributed by atoms with Crippen molar-refractivity contribution in [2.45, 2.75) is 11.7 Å². The molecule has 0 radical (unpaired) electrons. The average molecular weight is 374 g/mol. The van der Waals surface area contributed by atoms with Gasteiger partial charge in [0.05, 0.1) is 5.02 Å². The van der Waals surface area contributed by atoms with Crippen molar-refractivity contribution in [3.63, 3.8) is 0 Å². The van der Waals surface area contributed by atoms with E-state index in [2.05, 4.69) is 20.9 Å². The smallest absolute Gasteiger partial charge is 0.237 e. The van der Waals surface area contributed by atoms with E-state index in [1.807, 2.05) is 0 Å². The second-order valence-electron chi connectivity index (χ2n) is 3.77. The Labute approximate surface area is 122 Å². The first kappa shape index (κ1) is 14.0. The zero-order valence-electron chi connectivity index (χ0n) is 8.81. The number of pyridine rings is 1. The van der Waals surface area contributed by atoms with E-state index in [4.69, 9.17) is 22.3 Å². The van der Waals surface area contributed by atoms with Crippen molar-refractivity contribution in [1.82, 2.24) is 4.98 Å². The minimum atomic E-state index is -3.77. The Bertz CT molecular complexity index is 608. The van der Waals surface area contributed by atoms with Crippen LogP contribution in [0.4, 0.5) is 5.82 Å². The lowest BCUT2D eigenvalue weighted by Gasteiger charge is -2.16. The molecule has 0 saturated carbocycles. The molecule has 0 aromatic carbocycles. The first-order valence-corrected chi connectivity index (χ1v) is 8.38. The normalized spacial score (nSPS) is 20.5. The van der Waals surface area contributed by atoms with Crippen LogP contribution in [-0.2, 0) is 13.8 Å². The van der Waals surface area contributed by atoms with Gasteiger partial charge in [-0.05, 0) is 22.0 Å². The molecule has 0 spiro atoms. The molecular weight excluding hydrogens is 367 g/mol. The Morgan fingerprint density at radius 2 is 2.17 bits per heavy atom. The molecular formula is C9H7BrCl2N2O3S. The first-order valence-electron chi connectivity index (χ1n) is 4.84. The summed E-state index contributed by atoms with van der Waals surface area (Å²) in [5.74, 6) is -0.117. The second kappa shape index (κ2) is 4.96. The summed E-state index contributed by atoms with van der Waals surface area (Å²) < 4.78 is 23.1. The predicted molar refractivity (Wildman–Crippen MR) is 72.5 cm³/mol. The summed E-state index contributed by atoms with van der Waals surface area (Å²) in [7, 11) is 1.49. The first-order chi connectivity index (χ1) is 8.29. The lowest BCUT2D eigenvalue weighted by Crippen LogP contribution is -2.27. The van der Waals surface area contributed by atoms with Gasteiger partial charge in [-0.25, -0.2) is 13.4 Å². The standard InChI is InChI=1S/C9H7BrCl2N2O3S/c10-5-1-7(11)9(13-3-5)14-4-6(2-8(14)15)18(12,16)17/h1,3,6H,2,4H2. The van der Waals surface area contributed by atoms with E-state index in [0.29, 0.717) is 4.47 Å². The van der Waals surface area contributed by atoms with Crippen LogP contribution in [0.5, 0.6) is 0 Å². The minimum absolute atomic E-state index is 0.0288. The number of carbonyl (C=O) groups excluding carboxylic acids is 1. The third-order valence-corrected chi connectivity index (χ3v) is 5.11. The van der Waals surface area contributed by atoms with E-state index in [1.165, 1.54) is 11.1 Å². The molecule has 1 unspecified atom stereocenters. The highest BCUT2D eigenvalue weighted by Crippen LogP contribution is 2.31. The van der Waals surface area contributed by atoms with E-state index in [1.54, 1.807) is 6.07 Å². The van der Waals surface area contributed by atoms with Crippen molar-refractivity contribution in [1.29, 1.82) is 0 Å². The summed E-state index contributed by atoms with van der Waals surface area (Å²) in [6, 6.07) is 1.58. The maximum Gasteiger partial charge on any atom is 0.237 e. The molecule has 1 aromatic rings. The number of halogens is 3. The van der Waals surface area contributed by atoms with Crippen LogP contribution < -0.4 is 4.90 Å². The monoisotopic (exact) mass is 372 g/mol. The number of anilines is 1. The highest BCUT2D eigenvalue weighted by Gasteiger charge is 2.39. The number of rotatable bonds is 2. The van der Waals surface area contributed by atoms with E-state index in [0.717, 1.165) is 0 Å². The van der Waals surface area contributed by atoms with Gasteiger partial charge in [-0.3, -0.25) is 9.69 Å². The van der Waals surface area contributed by atoms with Crippen molar-refractivity contribution in [3.05, 3.63) is 21.8 Å². The Kier molecular flexibility index (Phi) is 3.87. The molecule has 9 heteroatoms. The third kappa shape index (κ3) is 2.79. The molecule has 5 nitrogen and oxygen atoms in total. The fourth-order valence-corrected chi connectivity index (χ4v) is 3.43. The number of aromatic nitrogens is 1. The van der Waals surface area contributed by atoms with Crippen molar-refractivity contribution in [3.8, 4) is 0 Å². The van der Waals surface area contributed by atoms with E-state index < -0.39 is 14.3 Å². The fourth-order valence-electron chi connectivity index (χ4n) is 1.67. The van der Waals surface area contributed by atoms with Gasteiger partial charge in [0.2, 0.25) is 15.0 Å². The lowest BCUT2D eigenvalue weighted by atomic mass is 10.4. The molecule has 98 valence electrons. The number of hydrogen-bond acceptors (Lipinski definition) is 4.